The molecule has 2 N–H and O–H groups in total. The number of aromatic nitrogens is 2. The van der Waals surface area contributed by atoms with E-state index in [1.807, 2.05) is 28.8 Å². The lowest BCUT2D eigenvalue weighted by molar-refractivity contribution is 0.0984. The Labute approximate surface area is 169 Å². The first kappa shape index (κ1) is 19.9. The molecule has 154 valence electrons. The number of nitrogens with zero attached hydrogens (tertiary/aromatic N) is 2. The maximum Gasteiger partial charge on any atom is 0.326 e. The van der Waals surface area contributed by atoms with Crippen molar-refractivity contribution in [3.8, 4) is 0 Å². The molecule has 0 saturated carbocycles. The van der Waals surface area contributed by atoms with Crippen molar-refractivity contribution >= 4 is 11.0 Å². The SMILES string of the molecule is O=c1[nH]c2ccccc2n1CCCN1CCCC(C(O)c2ccc(F)cc2)CC1. The van der Waals surface area contributed by atoms with Gasteiger partial charge in [0.2, 0.25) is 0 Å². The summed E-state index contributed by atoms with van der Waals surface area (Å²) in [7, 11) is 0. The Hall–Kier alpha value is -2.44. The minimum Gasteiger partial charge on any atom is -0.388 e. The Morgan fingerprint density at radius 3 is 2.69 bits per heavy atom. The molecule has 6 heteroatoms. The lowest BCUT2D eigenvalue weighted by Gasteiger charge is -2.23. The van der Waals surface area contributed by atoms with Crippen molar-refractivity contribution in [2.75, 3.05) is 19.6 Å². The molecule has 0 spiro atoms. The van der Waals surface area contributed by atoms with Gasteiger partial charge in [-0.3, -0.25) is 4.57 Å². The zero-order valence-electron chi connectivity index (χ0n) is 16.6. The zero-order chi connectivity index (χ0) is 20.2. The minimum absolute atomic E-state index is 0.0513. The van der Waals surface area contributed by atoms with Crippen molar-refractivity contribution in [2.24, 2.45) is 5.92 Å². The summed E-state index contributed by atoms with van der Waals surface area (Å²) in [4.78, 5) is 17.5. The van der Waals surface area contributed by atoms with Crippen LogP contribution in [-0.2, 0) is 6.54 Å². The van der Waals surface area contributed by atoms with E-state index in [1.165, 1.54) is 12.1 Å². The predicted molar refractivity (Wildman–Crippen MR) is 112 cm³/mol. The van der Waals surface area contributed by atoms with E-state index in [9.17, 15) is 14.3 Å². The number of rotatable bonds is 6. The van der Waals surface area contributed by atoms with Gasteiger partial charge >= 0.3 is 5.69 Å². The molecule has 2 atom stereocenters. The van der Waals surface area contributed by atoms with Gasteiger partial charge in [0.25, 0.3) is 0 Å². The smallest absolute Gasteiger partial charge is 0.326 e. The van der Waals surface area contributed by atoms with Crippen LogP contribution in [0.15, 0.2) is 53.3 Å². The van der Waals surface area contributed by atoms with Crippen LogP contribution in [0.4, 0.5) is 4.39 Å². The van der Waals surface area contributed by atoms with Gasteiger partial charge in [0.05, 0.1) is 17.1 Å². The van der Waals surface area contributed by atoms with Crippen LogP contribution in [0.5, 0.6) is 0 Å². The van der Waals surface area contributed by atoms with Gasteiger partial charge in [-0.05, 0) is 81.1 Å². The standard InChI is InChI=1S/C23H28FN3O2/c24-19-10-8-18(9-11-19)22(28)17-5-3-13-26(16-12-17)14-4-15-27-21-7-2-1-6-20(21)25-23(27)29/h1-2,6-11,17,22,28H,3-5,12-16H2,(H,25,29). The highest BCUT2D eigenvalue weighted by molar-refractivity contribution is 5.74. The Bertz CT molecular complexity index is 995. The normalized spacial score (nSPS) is 19.3. The summed E-state index contributed by atoms with van der Waals surface area (Å²) in [6, 6.07) is 14.0. The van der Waals surface area contributed by atoms with Gasteiger partial charge in [-0.2, -0.15) is 0 Å². The number of aliphatic hydroxyl groups excluding tert-OH is 1. The number of halogens is 1. The predicted octanol–water partition coefficient (Wildman–Crippen LogP) is 3.69. The summed E-state index contributed by atoms with van der Waals surface area (Å²) < 4.78 is 14.9. The molecule has 0 radical (unpaired) electrons. The van der Waals surface area contributed by atoms with Crippen molar-refractivity contribution in [1.82, 2.24) is 14.5 Å². The Balaban J connectivity index is 1.30. The van der Waals surface area contributed by atoms with Crippen molar-refractivity contribution < 1.29 is 9.50 Å². The summed E-state index contributed by atoms with van der Waals surface area (Å²) >= 11 is 0. The molecule has 2 unspecified atom stereocenters. The summed E-state index contributed by atoms with van der Waals surface area (Å²) in [6.45, 7) is 3.58. The van der Waals surface area contributed by atoms with Crippen LogP contribution in [0.1, 0.15) is 37.4 Å². The minimum atomic E-state index is -0.541. The molecule has 5 nitrogen and oxygen atoms in total. The number of fused-ring (bicyclic) bond motifs is 1. The maximum absolute atomic E-state index is 13.1. The Morgan fingerprint density at radius 2 is 1.86 bits per heavy atom. The highest BCUT2D eigenvalue weighted by Crippen LogP contribution is 2.30. The molecule has 3 aromatic rings. The number of hydrogen-bond acceptors (Lipinski definition) is 3. The molecule has 2 heterocycles. The second kappa shape index (κ2) is 8.93. The molecule has 1 aromatic heterocycles. The lowest BCUT2D eigenvalue weighted by atomic mass is 9.90. The summed E-state index contributed by atoms with van der Waals surface area (Å²) in [6.07, 6.45) is 3.30. The third kappa shape index (κ3) is 4.60. The molecule has 0 amide bonds. The molecule has 4 rings (SSSR count). The zero-order valence-corrected chi connectivity index (χ0v) is 16.6. The average Bonchev–Trinajstić information content (AvgIpc) is 2.89. The maximum atomic E-state index is 13.1. The van der Waals surface area contributed by atoms with Gasteiger partial charge in [0, 0.05) is 6.54 Å². The van der Waals surface area contributed by atoms with Crippen molar-refractivity contribution in [3.05, 3.63) is 70.4 Å². The Kier molecular flexibility index (Phi) is 6.11. The molecule has 0 bridgehead atoms. The first-order valence-electron chi connectivity index (χ1n) is 10.5. The summed E-state index contributed by atoms with van der Waals surface area (Å²) in [5.74, 6) is -0.0796. The number of imidazole rings is 1. The van der Waals surface area contributed by atoms with Gasteiger partial charge in [-0.25, -0.2) is 9.18 Å². The van der Waals surface area contributed by atoms with E-state index < -0.39 is 6.10 Å². The second-order valence-corrected chi connectivity index (χ2v) is 7.98. The van der Waals surface area contributed by atoms with Crippen molar-refractivity contribution in [1.29, 1.82) is 0 Å². The van der Waals surface area contributed by atoms with Crippen LogP contribution < -0.4 is 5.69 Å². The molecule has 1 aliphatic rings. The molecule has 2 aromatic carbocycles. The van der Waals surface area contributed by atoms with Gasteiger partial charge in [0.15, 0.2) is 0 Å². The topological polar surface area (TPSA) is 61.3 Å². The van der Waals surface area contributed by atoms with Crippen LogP contribution >= 0.6 is 0 Å². The number of benzene rings is 2. The van der Waals surface area contributed by atoms with Crippen LogP contribution in [0.3, 0.4) is 0 Å². The van der Waals surface area contributed by atoms with Crippen LogP contribution in [0.25, 0.3) is 11.0 Å². The third-order valence-electron chi connectivity index (χ3n) is 6.06. The van der Waals surface area contributed by atoms with E-state index in [4.69, 9.17) is 0 Å². The number of hydrogen-bond donors (Lipinski definition) is 2. The largest absolute Gasteiger partial charge is 0.388 e. The fraction of sp³-hybridized carbons (Fsp3) is 0.435. The van der Waals surface area contributed by atoms with Gasteiger partial charge in [-0.1, -0.05) is 24.3 Å². The number of para-hydroxylation sites is 2. The average molecular weight is 397 g/mol. The van der Waals surface area contributed by atoms with E-state index in [1.54, 1.807) is 12.1 Å². The number of likely N-dealkylation sites (tertiary alicyclic amines) is 1. The number of aromatic amines is 1. The van der Waals surface area contributed by atoms with Gasteiger partial charge < -0.3 is 15.0 Å². The highest BCUT2D eigenvalue weighted by Gasteiger charge is 2.24. The monoisotopic (exact) mass is 397 g/mol. The second-order valence-electron chi connectivity index (χ2n) is 7.98. The molecule has 29 heavy (non-hydrogen) atoms. The summed E-state index contributed by atoms with van der Waals surface area (Å²) in [5, 5.41) is 10.7. The molecular weight excluding hydrogens is 369 g/mol. The van der Waals surface area contributed by atoms with E-state index in [0.717, 1.165) is 61.9 Å². The first-order valence-corrected chi connectivity index (χ1v) is 10.5. The third-order valence-corrected chi connectivity index (χ3v) is 6.06. The number of H-pyrrole nitrogens is 1. The molecule has 1 aliphatic heterocycles. The van der Waals surface area contributed by atoms with Crippen molar-refractivity contribution in [2.45, 2.75) is 38.3 Å². The van der Waals surface area contributed by atoms with Crippen LogP contribution in [-0.4, -0.2) is 39.2 Å². The Morgan fingerprint density at radius 1 is 1.07 bits per heavy atom. The molecule has 0 aliphatic carbocycles. The number of nitrogens with one attached hydrogen (secondary N) is 1. The molecule has 1 saturated heterocycles. The van der Waals surface area contributed by atoms with Crippen molar-refractivity contribution in [3.63, 3.8) is 0 Å². The fourth-order valence-corrected chi connectivity index (χ4v) is 4.43. The highest BCUT2D eigenvalue weighted by atomic mass is 19.1. The van der Waals surface area contributed by atoms with E-state index in [2.05, 4.69) is 9.88 Å². The first-order chi connectivity index (χ1) is 14.1. The quantitative estimate of drug-likeness (QED) is 0.667. The summed E-state index contributed by atoms with van der Waals surface area (Å²) in [5.41, 5.74) is 2.58. The number of aryl methyl sites for hydroxylation is 1. The van der Waals surface area contributed by atoms with Crippen LogP contribution in [0.2, 0.25) is 0 Å². The molecule has 1 fully saturated rings. The van der Waals surface area contributed by atoms with E-state index >= 15 is 0 Å². The van der Waals surface area contributed by atoms with Gasteiger partial charge in [-0.15, -0.1) is 0 Å². The van der Waals surface area contributed by atoms with Crippen LogP contribution in [0, 0.1) is 11.7 Å². The fourth-order valence-electron chi connectivity index (χ4n) is 4.43. The van der Waals surface area contributed by atoms with E-state index in [0.29, 0.717) is 6.54 Å². The lowest BCUT2D eigenvalue weighted by Crippen LogP contribution is -2.28. The van der Waals surface area contributed by atoms with Gasteiger partial charge in [0.1, 0.15) is 5.82 Å². The van der Waals surface area contributed by atoms with E-state index in [-0.39, 0.29) is 17.4 Å². The number of aliphatic hydroxyl groups is 1. The molecular formula is C23H28FN3O2.